The van der Waals surface area contributed by atoms with Gasteiger partial charge in [0.25, 0.3) is 11.8 Å². The van der Waals surface area contributed by atoms with Gasteiger partial charge in [-0.3, -0.25) is 4.79 Å². The van der Waals surface area contributed by atoms with Gasteiger partial charge in [-0.2, -0.15) is 4.98 Å². The van der Waals surface area contributed by atoms with Crippen LogP contribution in [0.25, 0.3) is 22.2 Å². The van der Waals surface area contributed by atoms with Gasteiger partial charge in [-0.1, -0.05) is 17.3 Å². The Bertz CT molecular complexity index is 893. The molecule has 1 aliphatic heterocycles. The largest absolute Gasteiger partial charge is 0.339 e. The number of hydrogen-bond donors (Lipinski definition) is 0. The number of thiophene rings is 1. The van der Waals surface area contributed by atoms with Crippen molar-refractivity contribution in [3.05, 3.63) is 46.8 Å². The van der Waals surface area contributed by atoms with E-state index < -0.39 is 0 Å². The first-order valence-corrected chi connectivity index (χ1v) is 9.32. The SMILES string of the molecule is Cc1ccc(-c2nc(-c3cccc(C(=O)N4CCCCC4)c3)no2)s1. The number of aryl methyl sites for hydroxylation is 1. The predicted molar refractivity (Wildman–Crippen MR) is 97.5 cm³/mol. The number of piperidine rings is 1. The average molecular weight is 353 g/mol. The first-order valence-electron chi connectivity index (χ1n) is 8.51. The van der Waals surface area contributed by atoms with Crippen LogP contribution in [0.15, 0.2) is 40.9 Å². The van der Waals surface area contributed by atoms with E-state index >= 15 is 0 Å². The number of benzene rings is 1. The van der Waals surface area contributed by atoms with Gasteiger partial charge in [-0.25, -0.2) is 0 Å². The summed E-state index contributed by atoms with van der Waals surface area (Å²) in [5.74, 6) is 1.11. The minimum absolute atomic E-state index is 0.0825. The van der Waals surface area contributed by atoms with E-state index in [0.29, 0.717) is 17.3 Å². The summed E-state index contributed by atoms with van der Waals surface area (Å²) in [6.45, 7) is 3.72. The van der Waals surface area contributed by atoms with Crippen molar-refractivity contribution in [2.24, 2.45) is 0 Å². The van der Waals surface area contributed by atoms with Gasteiger partial charge in [-0.05, 0) is 50.5 Å². The van der Waals surface area contributed by atoms with Crippen LogP contribution in [0.3, 0.4) is 0 Å². The zero-order chi connectivity index (χ0) is 17.2. The van der Waals surface area contributed by atoms with Gasteiger partial charge in [0.05, 0.1) is 4.88 Å². The lowest BCUT2D eigenvalue weighted by atomic mass is 10.1. The van der Waals surface area contributed by atoms with E-state index in [2.05, 4.69) is 10.1 Å². The first kappa shape index (κ1) is 16.0. The molecule has 0 unspecified atom stereocenters. The second-order valence-electron chi connectivity index (χ2n) is 6.27. The molecule has 1 saturated heterocycles. The quantitative estimate of drug-likeness (QED) is 0.700. The molecule has 3 heterocycles. The van der Waals surface area contributed by atoms with Crippen LogP contribution in [-0.2, 0) is 0 Å². The lowest BCUT2D eigenvalue weighted by molar-refractivity contribution is 0.0724. The van der Waals surface area contributed by atoms with E-state index in [1.54, 1.807) is 11.3 Å². The zero-order valence-electron chi connectivity index (χ0n) is 14.1. The van der Waals surface area contributed by atoms with Gasteiger partial charge in [0.2, 0.25) is 5.82 Å². The minimum Gasteiger partial charge on any atom is -0.339 e. The second-order valence-corrected chi connectivity index (χ2v) is 7.56. The second kappa shape index (κ2) is 6.80. The van der Waals surface area contributed by atoms with Crippen LogP contribution in [0.4, 0.5) is 0 Å². The number of amides is 1. The van der Waals surface area contributed by atoms with Crippen molar-refractivity contribution >= 4 is 17.2 Å². The molecule has 6 heteroatoms. The normalized spacial score (nSPS) is 14.7. The highest BCUT2D eigenvalue weighted by atomic mass is 32.1. The summed E-state index contributed by atoms with van der Waals surface area (Å²) in [7, 11) is 0. The van der Waals surface area contributed by atoms with Crippen molar-refractivity contribution in [2.45, 2.75) is 26.2 Å². The van der Waals surface area contributed by atoms with E-state index in [1.165, 1.54) is 11.3 Å². The van der Waals surface area contributed by atoms with Crippen molar-refractivity contribution in [2.75, 3.05) is 13.1 Å². The molecule has 1 fully saturated rings. The van der Waals surface area contributed by atoms with E-state index in [0.717, 1.165) is 36.4 Å². The summed E-state index contributed by atoms with van der Waals surface area (Å²) in [6.07, 6.45) is 3.37. The minimum atomic E-state index is 0.0825. The van der Waals surface area contributed by atoms with Crippen LogP contribution in [0.1, 0.15) is 34.5 Å². The molecule has 1 aliphatic rings. The van der Waals surface area contributed by atoms with Crippen LogP contribution in [0, 0.1) is 6.92 Å². The molecule has 1 aromatic carbocycles. The highest BCUT2D eigenvalue weighted by molar-refractivity contribution is 7.15. The van der Waals surface area contributed by atoms with Crippen molar-refractivity contribution < 1.29 is 9.32 Å². The molecule has 0 saturated carbocycles. The van der Waals surface area contributed by atoms with Gasteiger partial charge in [0.15, 0.2) is 0 Å². The summed E-state index contributed by atoms with van der Waals surface area (Å²) in [5, 5.41) is 4.08. The Morgan fingerprint density at radius 3 is 2.76 bits per heavy atom. The van der Waals surface area contributed by atoms with Crippen LogP contribution >= 0.6 is 11.3 Å². The number of aromatic nitrogens is 2. The van der Waals surface area contributed by atoms with Crippen molar-refractivity contribution in [1.82, 2.24) is 15.0 Å². The maximum Gasteiger partial charge on any atom is 0.268 e. The fraction of sp³-hybridized carbons (Fsp3) is 0.316. The Labute approximate surface area is 150 Å². The maximum absolute atomic E-state index is 12.7. The van der Waals surface area contributed by atoms with Gasteiger partial charge in [0, 0.05) is 29.1 Å². The topological polar surface area (TPSA) is 59.2 Å². The van der Waals surface area contributed by atoms with Crippen molar-refractivity contribution in [1.29, 1.82) is 0 Å². The molecule has 128 valence electrons. The molecule has 0 aliphatic carbocycles. The van der Waals surface area contributed by atoms with Gasteiger partial charge in [0.1, 0.15) is 0 Å². The van der Waals surface area contributed by atoms with Crippen LogP contribution in [-0.4, -0.2) is 34.0 Å². The van der Waals surface area contributed by atoms with E-state index in [4.69, 9.17) is 4.52 Å². The Morgan fingerprint density at radius 2 is 2.00 bits per heavy atom. The Kier molecular flexibility index (Phi) is 4.36. The van der Waals surface area contributed by atoms with Gasteiger partial charge < -0.3 is 9.42 Å². The molecule has 2 aromatic heterocycles. The highest BCUT2D eigenvalue weighted by Crippen LogP contribution is 2.28. The maximum atomic E-state index is 12.7. The lowest BCUT2D eigenvalue weighted by Crippen LogP contribution is -2.35. The molecule has 5 nitrogen and oxygen atoms in total. The first-order chi connectivity index (χ1) is 12.2. The van der Waals surface area contributed by atoms with Crippen molar-refractivity contribution in [3.63, 3.8) is 0 Å². The monoisotopic (exact) mass is 353 g/mol. The number of hydrogen-bond acceptors (Lipinski definition) is 5. The standard InChI is InChI=1S/C19H19N3O2S/c1-13-8-9-16(25-13)18-20-17(21-24-18)14-6-5-7-15(12-14)19(23)22-10-3-2-4-11-22/h5-9,12H,2-4,10-11H2,1H3. The Balaban J connectivity index is 1.59. The summed E-state index contributed by atoms with van der Waals surface area (Å²) in [6, 6.07) is 11.5. The van der Waals surface area contributed by atoms with Gasteiger partial charge >= 0.3 is 0 Å². The predicted octanol–water partition coefficient (Wildman–Crippen LogP) is 4.40. The van der Waals surface area contributed by atoms with E-state index in [-0.39, 0.29) is 5.91 Å². The summed E-state index contributed by atoms with van der Waals surface area (Å²) >= 11 is 1.62. The van der Waals surface area contributed by atoms with Crippen LogP contribution in [0.2, 0.25) is 0 Å². The lowest BCUT2D eigenvalue weighted by Gasteiger charge is -2.26. The number of nitrogens with zero attached hydrogens (tertiary/aromatic N) is 3. The van der Waals surface area contributed by atoms with Gasteiger partial charge in [-0.15, -0.1) is 11.3 Å². The highest BCUT2D eigenvalue weighted by Gasteiger charge is 2.19. The molecule has 1 amide bonds. The fourth-order valence-corrected chi connectivity index (χ4v) is 3.85. The average Bonchev–Trinajstić information content (AvgIpc) is 3.31. The Hall–Kier alpha value is -2.47. The molecule has 0 radical (unpaired) electrons. The van der Waals surface area contributed by atoms with E-state index in [9.17, 15) is 4.79 Å². The Morgan fingerprint density at radius 1 is 1.16 bits per heavy atom. The van der Waals surface area contributed by atoms with Crippen LogP contribution < -0.4 is 0 Å². The summed E-state index contributed by atoms with van der Waals surface area (Å²) < 4.78 is 5.39. The third kappa shape index (κ3) is 3.35. The van der Waals surface area contributed by atoms with Crippen molar-refractivity contribution in [3.8, 4) is 22.2 Å². The molecular weight excluding hydrogens is 334 g/mol. The zero-order valence-corrected chi connectivity index (χ0v) is 14.9. The molecule has 0 atom stereocenters. The molecule has 0 bridgehead atoms. The number of carbonyl (C=O) groups excluding carboxylic acids is 1. The van der Waals surface area contributed by atoms with Crippen LogP contribution in [0.5, 0.6) is 0 Å². The smallest absolute Gasteiger partial charge is 0.268 e. The third-order valence-electron chi connectivity index (χ3n) is 4.39. The molecule has 3 aromatic rings. The third-order valence-corrected chi connectivity index (χ3v) is 5.38. The molecule has 25 heavy (non-hydrogen) atoms. The summed E-state index contributed by atoms with van der Waals surface area (Å²) in [5.41, 5.74) is 1.48. The molecule has 0 N–H and O–H groups in total. The number of rotatable bonds is 3. The van der Waals surface area contributed by atoms with E-state index in [1.807, 2.05) is 48.2 Å². The molecular formula is C19H19N3O2S. The fourth-order valence-electron chi connectivity index (χ4n) is 3.06. The molecule has 0 spiro atoms. The molecule has 4 rings (SSSR count). The number of carbonyl (C=O) groups is 1. The number of likely N-dealkylation sites (tertiary alicyclic amines) is 1. The summed E-state index contributed by atoms with van der Waals surface area (Å²) in [4.78, 5) is 21.2.